The van der Waals surface area contributed by atoms with E-state index in [9.17, 15) is 68.8 Å². The van der Waals surface area contributed by atoms with E-state index < -0.39 is 85.0 Å². The molecule has 2 rings (SSSR count). The summed E-state index contributed by atoms with van der Waals surface area (Å²) in [5.41, 5.74) is 0. The molecule has 4 atom stereocenters. The monoisotopic (exact) mass is 799 g/mol. The van der Waals surface area contributed by atoms with Crippen molar-refractivity contribution in [2.75, 3.05) is 85.1 Å². The summed E-state index contributed by atoms with van der Waals surface area (Å²) < 4.78 is 0. The summed E-state index contributed by atoms with van der Waals surface area (Å²) in [5.74, 6) is -8.75. The van der Waals surface area contributed by atoms with Gasteiger partial charge in [0.1, 0.15) is 12.1 Å². The van der Waals surface area contributed by atoms with Crippen LogP contribution in [-0.4, -0.2) is 213 Å². The topological polar surface area (TPSA) is 298 Å². The zero-order chi connectivity index (χ0) is 42.1. The van der Waals surface area contributed by atoms with Crippen LogP contribution in [0.15, 0.2) is 0 Å². The Labute approximate surface area is 326 Å². The molecule has 0 aromatic carbocycles. The number of carboxylic acids is 4. The van der Waals surface area contributed by atoms with Crippen LogP contribution in [0.25, 0.3) is 0 Å². The highest BCUT2D eigenvalue weighted by Gasteiger charge is 2.39. The molecule has 21 nitrogen and oxygen atoms in total. The first-order valence-electron chi connectivity index (χ1n) is 18.8. The predicted octanol–water partition coefficient (Wildman–Crippen LogP) is -3.45. The molecule has 2 aliphatic rings. The molecule has 22 heteroatoms. The van der Waals surface area contributed by atoms with Crippen LogP contribution in [0, 0.1) is 11.8 Å². The van der Waals surface area contributed by atoms with Crippen LogP contribution in [0.1, 0.15) is 52.9 Å². The van der Waals surface area contributed by atoms with Crippen molar-refractivity contribution >= 4 is 54.5 Å². The fraction of sp³-hybridized carbons (Fsp3) is 0.765. The maximum atomic E-state index is 13.1. The largest absolute Gasteiger partial charge is 0.480 e. The number of carbonyl (C=O) groups excluding carboxylic acids is 4. The number of hydrogen-bond acceptors (Lipinski definition) is 14. The Morgan fingerprint density at radius 1 is 0.714 bits per heavy atom. The van der Waals surface area contributed by atoms with E-state index in [2.05, 4.69) is 10.6 Å². The van der Waals surface area contributed by atoms with E-state index in [-0.39, 0.29) is 97.2 Å². The van der Waals surface area contributed by atoms with E-state index in [0.717, 1.165) is 0 Å². The number of ketones is 1. The Balaban J connectivity index is 2.04. The van der Waals surface area contributed by atoms with Gasteiger partial charge in [-0.15, -0.1) is 0 Å². The van der Waals surface area contributed by atoms with Crippen molar-refractivity contribution in [2.45, 2.75) is 70.9 Å². The summed E-state index contributed by atoms with van der Waals surface area (Å²) in [4.78, 5) is 107. The van der Waals surface area contributed by atoms with Gasteiger partial charge in [-0.1, -0.05) is 13.8 Å². The van der Waals surface area contributed by atoms with E-state index >= 15 is 0 Å². The molecule has 56 heavy (non-hydrogen) atoms. The van der Waals surface area contributed by atoms with Crippen molar-refractivity contribution in [3.8, 4) is 0 Å². The number of carbonyl (C=O) groups is 8. The second-order valence-corrected chi connectivity index (χ2v) is 14.7. The van der Waals surface area contributed by atoms with E-state index in [1.165, 1.54) is 16.7 Å². The summed E-state index contributed by atoms with van der Waals surface area (Å²) in [6.45, 7) is 4.53. The molecule has 2 saturated heterocycles. The maximum absolute atomic E-state index is 13.1. The molecular weight excluding hydrogens is 741 g/mol. The van der Waals surface area contributed by atoms with Crippen molar-refractivity contribution in [1.29, 1.82) is 0 Å². The first-order chi connectivity index (χ1) is 26.3. The molecule has 0 spiro atoms. The van der Waals surface area contributed by atoms with Gasteiger partial charge in [-0.25, -0.2) is 0 Å². The third kappa shape index (κ3) is 16.9. The third-order valence-electron chi connectivity index (χ3n) is 10.0. The SMILES string of the molecule is CC(C)[C@H](CC(=O)CNC(=O)CC[C@H](C(=O)O)N1CCN(CC(=O)O)CCN(CC(=O)O)CCN(CC(=O)O)CC1)C(=O)N[C@H](C)C(=O)N1CCC[C@H]1B(O)O. The van der Waals surface area contributed by atoms with Crippen molar-refractivity contribution in [3.05, 3.63) is 0 Å². The minimum Gasteiger partial charge on any atom is -0.480 e. The zero-order valence-electron chi connectivity index (χ0n) is 32.4. The number of nitrogens with one attached hydrogen (secondary N) is 2. The van der Waals surface area contributed by atoms with Crippen LogP contribution in [-0.2, 0) is 38.4 Å². The lowest BCUT2D eigenvalue weighted by molar-refractivity contribution is -0.145. The number of carboxylic acid groups (broad SMARTS) is 4. The molecule has 2 aliphatic heterocycles. The summed E-state index contributed by atoms with van der Waals surface area (Å²) in [6.07, 6.45) is 0.222. The number of Topliss-reactive ketones (excluding diaryl/α,β-unsaturated/α-hetero) is 1. The minimum absolute atomic E-state index is 0.0368. The van der Waals surface area contributed by atoms with E-state index in [1.54, 1.807) is 28.5 Å². The Kier molecular flexibility index (Phi) is 20.3. The van der Waals surface area contributed by atoms with Gasteiger partial charge >= 0.3 is 31.0 Å². The molecule has 0 radical (unpaired) electrons. The Morgan fingerprint density at radius 3 is 1.62 bits per heavy atom. The van der Waals surface area contributed by atoms with Gasteiger partial charge in [0, 0.05) is 77.7 Å². The Bertz CT molecular complexity index is 1360. The van der Waals surface area contributed by atoms with Crippen LogP contribution in [0.4, 0.5) is 0 Å². The molecule has 2 heterocycles. The first-order valence-corrected chi connectivity index (χ1v) is 18.8. The van der Waals surface area contributed by atoms with Crippen LogP contribution in [0.3, 0.4) is 0 Å². The quantitative estimate of drug-likeness (QED) is 0.0556. The molecule has 3 amide bonds. The van der Waals surface area contributed by atoms with Gasteiger partial charge in [-0.05, 0) is 32.1 Å². The maximum Gasteiger partial charge on any atom is 0.475 e. The second-order valence-electron chi connectivity index (χ2n) is 14.7. The smallest absolute Gasteiger partial charge is 0.475 e. The summed E-state index contributed by atoms with van der Waals surface area (Å²) in [5, 5.41) is 62.8. The summed E-state index contributed by atoms with van der Waals surface area (Å²) in [7, 11) is -1.72. The highest BCUT2D eigenvalue weighted by atomic mass is 16.4. The van der Waals surface area contributed by atoms with Gasteiger partial charge in [0.05, 0.1) is 32.1 Å². The molecule has 0 aromatic heterocycles. The molecule has 0 bridgehead atoms. The van der Waals surface area contributed by atoms with E-state index in [0.29, 0.717) is 19.4 Å². The third-order valence-corrected chi connectivity index (χ3v) is 10.0. The van der Waals surface area contributed by atoms with Crippen molar-refractivity contribution < 1.29 is 68.8 Å². The number of amides is 3. The van der Waals surface area contributed by atoms with Crippen LogP contribution < -0.4 is 10.6 Å². The minimum atomic E-state index is -1.72. The normalized spacial score (nSPS) is 19.9. The summed E-state index contributed by atoms with van der Waals surface area (Å²) >= 11 is 0. The molecule has 0 unspecified atom stereocenters. The van der Waals surface area contributed by atoms with Gasteiger partial charge in [-0.2, -0.15) is 0 Å². The predicted molar refractivity (Wildman–Crippen MR) is 198 cm³/mol. The van der Waals surface area contributed by atoms with Crippen LogP contribution in [0.5, 0.6) is 0 Å². The second kappa shape index (κ2) is 23.8. The molecule has 8 N–H and O–H groups in total. The van der Waals surface area contributed by atoms with E-state index in [4.69, 9.17) is 0 Å². The van der Waals surface area contributed by atoms with E-state index in [1.807, 2.05) is 0 Å². The number of hydrogen-bond donors (Lipinski definition) is 8. The average Bonchev–Trinajstić information content (AvgIpc) is 3.60. The van der Waals surface area contributed by atoms with Crippen molar-refractivity contribution in [1.82, 2.24) is 35.1 Å². The lowest BCUT2D eigenvalue weighted by Crippen LogP contribution is -2.53. The lowest BCUT2D eigenvalue weighted by Gasteiger charge is -2.35. The number of nitrogens with zero attached hydrogens (tertiary/aromatic N) is 5. The highest BCUT2D eigenvalue weighted by molar-refractivity contribution is 6.43. The van der Waals surface area contributed by atoms with Crippen molar-refractivity contribution in [2.24, 2.45) is 11.8 Å². The standard InChI is InChI=1S/C34H58BN7O14/c1-22(2)25(32(51)37-23(3)33(52)42-8-4-5-27(42)35(55)56)17-24(43)18-36-28(44)7-6-26(34(53)54)41-15-13-39(20-30(47)48)11-9-38(19-29(45)46)10-12-40(14-16-41)21-31(49)50/h22-23,25-27,55-56H,4-21H2,1-3H3,(H,36,44)(H,37,51)(H,45,46)(H,47,48)(H,49,50)(H,53,54)/t23-,25+,26-,27+/m1/s1. The average molecular weight is 800 g/mol. The van der Waals surface area contributed by atoms with Gasteiger partial charge in [0.2, 0.25) is 17.7 Å². The molecular formula is C34H58BN7O14. The van der Waals surface area contributed by atoms with Gasteiger partial charge in [0.25, 0.3) is 0 Å². The van der Waals surface area contributed by atoms with Gasteiger partial charge < -0.3 is 46.0 Å². The Hall–Kier alpha value is -4.22. The van der Waals surface area contributed by atoms with Gasteiger partial charge in [-0.3, -0.25) is 58.0 Å². The van der Waals surface area contributed by atoms with Crippen molar-refractivity contribution in [3.63, 3.8) is 0 Å². The molecule has 316 valence electrons. The van der Waals surface area contributed by atoms with Gasteiger partial charge in [0.15, 0.2) is 5.78 Å². The molecule has 0 aliphatic carbocycles. The molecule has 2 fully saturated rings. The number of likely N-dealkylation sites (tertiary alicyclic amines) is 1. The fourth-order valence-electron chi connectivity index (χ4n) is 6.88. The fourth-order valence-corrected chi connectivity index (χ4v) is 6.88. The highest BCUT2D eigenvalue weighted by Crippen LogP contribution is 2.20. The number of aliphatic carboxylic acids is 4. The first kappa shape index (κ1) is 47.9. The zero-order valence-corrected chi connectivity index (χ0v) is 32.4. The molecule has 0 saturated carbocycles. The van der Waals surface area contributed by atoms with Crippen LogP contribution in [0.2, 0.25) is 0 Å². The summed E-state index contributed by atoms with van der Waals surface area (Å²) in [6, 6.07) is -2.23. The lowest BCUT2D eigenvalue weighted by atomic mass is 9.78. The number of rotatable bonds is 20. The van der Waals surface area contributed by atoms with Crippen LogP contribution >= 0.6 is 0 Å². The Morgan fingerprint density at radius 2 is 1.20 bits per heavy atom. The molecule has 0 aromatic rings.